The third-order valence-corrected chi connectivity index (χ3v) is 2.86. The standard InChI is InChI=1S/C14H17N3O2/c1-14(2,15)13(19)16-8-9-7-12(18)17-11-6-4-3-5-10(9)11/h3-7H,8,15H2,1-2H3,(H,16,19)(H,17,18). The lowest BCUT2D eigenvalue weighted by Gasteiger charge is -2.18. The third-order valence-electron chi connectivity index (χ3n) is 2.86. The van der Waals surface area contributed by atoms with Crippen molar-refractivity contribution in [3.05, 3.63) is 46.2 Å². The van der Waals surface area contributed by atoms with Crippen LogP contribution in [0.4, 0.5) is 0 Å². The van der Waals surface area contributed by atoms with Gasteiger partial charge in [-0.25, -0.2) is 0 Å². The molecule has 0 fully saturated rings. The van der Waals surface area contributed by atoms with Gasteiger partial charge in [-0.3, -0.25) is 9.59 Å². The number of hydrogen-bond acceptors (Lipinski definition) is 3. The molecule has 1 heterocycles. The molecule has 0 saturated carbocycles. The van der Waals surface area contributed by atoms with E-state index in [9.17, 15) is 9.59 Å². The maximum absolute atomic E-state index is 11.7. The van der Waals surface area contributed by atoms with Crippen molar-refractivity contribution >= 4 is 16.8 Å². The van der Waals surface area contributed by atoms with Crippen molar-refractivity contribution in [2.24, 2.45) is 5.73 Å². The van der Waals surface area contributed by atoms with E-state index in [1.165, 1.54) is 6.07 Å². The Morgan fingerprint density at radius 2 is 2.05 bits per heavy atom. The Hall–Kier alpha value is -2.14. The van der Waals surface area contributed by atoms with E-state index in [2.05, 4.69) is 10.3 Å². The Morgan fingerprint density at radius 3 is 2.74 bits per heavy atom. The predicted molar refractivity (Wildman–Crippen MR) is 74.7 cm³/mol. The summed E-state index contributed by atoms with van der Waals surface area (Å²) in [7, 11) is 0. The molecule has 0 spiro atoms. The van der Waals surface area contributed by atoms with Crippen LogP contribution in [0.25, 0.3) is 10.9 Å². The first-order chi connectivity index (χ1) is 8.88. The summed E-state index contributed by atoms with van der Waals surface area (Å²) in [5.41, 5.74) is 6.12. The van der Waals surface area contributed by atoms with E-state index >= 15 is 0 Å². The zero-order valence-electron chi connectivity index (χ0n) is 11.0. The summed E-state index contributed by atoms with van der Waals surface area (Å²) < 4.78 is 0. The SMILES string of the molecule is CC(C)(N)C(=O)NCc1cc(=O)[nH]c2ccccc12. The molecular weight excluding hydrogens is 242 g/mol. The van der Waals surface area contributed by atoms with E-state index in [1.54, 1.807) is 13.8 Å². The molecule has 0 aliphatic heterocycles. The molecule has 0 unspecified atom stereocenters. The van der Waals surface area contributed by atoms with Crippen LogP contribution >= 0.6 is 0 Å². The van der Waals surface area contributed by atoms with Crippen LogP contribution in [0.5, 0.6) is 0 Å². The van der Waals surface area contributed by atoms with Gasteiger partial charge in [-0.15, -0.1) is 0 Å². The number of aromatic nitrogens is 1. The summed E-state index contributed by atoms with van der Waals surface area (Å²) in [4.78, 5) is 26.0. The Labute approximate surface area is 110 Å². The summed E-state index contributed by atoms with van der Waals surface area (Å²) >= 11 is 0. The molecule has 0 atom stereocenters. The van der Waals surface area contributed by atoms with Gasteiger partial charge in [0.1, 0.15) is 0 Å². The van der Waals surface area contributed by atoms with Gasteiger partial charge < -0.3 is 16.0 Å². The number of carbonyl (C=O) groups excluding carboxylic acids is 1. The molecule has 2 aromatic rings. The lowest BCUT2D eigenvalue weighted by molar-refractivity contribution is -0.125. The normalized spacial score (nSPS) is 11.5. The van der Waals surface area contributed by atoms with Crippen LogP contribution in [0.2, 0.25) is 0 Å². The van der Waals surface area contributed by atoms with Crippen molar-refractivity contribution < 1.29 is 4.79 Å². The molecule has 0 bridgehead atoms. The van der Waals surface area contributed by atoms with Crippen LogP contribution in [-0.2, 0) is 11.3 Å². The predicted octanol–water partition coefficient (Wildman–Crippen LogP) is 0.882. The zero-order chi connectivity index (χ0) is 14.0. The lowest BCUT2D eigenvalue weighted by Crippen LogP contribution is -2.48. The zero-order valence-corrected chi connectivity index (χ0v) is 11.0. The van der Waals surface area contributed by atoms with Crippen molar-refractivity contribution in [3.63, 3.8) is 0 Å². The second-order valence-electron chi connectivity index (χ2n) is 5.11. The smallest absolute Gasteiger partial charge is 0.248 e. The van der Waals surface area contributed by atoms with Crippen molar-refractivity contribution in [1.29, 1.82) is 0 Å². The Balaban J connectivity index is 2.31. The molecule has 0 saturated heterocycles. The number of pyridine rings is 1. The van der Waals surface area contributed by atoms with E-state index < -0.39 is 5.54 Å². The second kappa shape index (κ2) is 4.85. The number of rotatable bonds is 3. The van der Waals surface area contributed by atoms with E-state index in [4.69, 9.17) is 5.73 Å². The highest BCUT2D eigenvalue weighted by Gasteiger charge is 2.21. The minimum absolute atomic E-state index is 0.185. The Bertz CT molecular complexity index is 668. The Morgan fingerprint density at radius 1 is 1.37 bits per heavy atom. The summed E-state index contributed by atoms with van der Waals surface area (Å²) in [5.74, 6) is -0.253. The number of aromatic amines is 1. The summed E-state index contributed by atoms with van der Waals surface area (Å²) in [6, 6.07) is 8.96. The third kappa shape index (κ3) is 3.00. The fourth-order valence-corrected chi connectivity index (χ4v) is 1.83. The number of carbonyl (C=O) groups is 1. The number of benzene rings is 1. The number of hydrogen-bond donors (Lipinski definition) is 3. The minimum Gasteiger partial charge on any atom is -0.350 e. The molecule has 0 aliphatic carbocycles. The molecule has 5 heteroatoms. The lowest BCUT2D eigenvalue weighted by atomic mass is 10.1. The van der Waals surface area contributed by atoms with Crippen LogP contribution in [0.15, 0.2) is 35.1 Å². The second-order valence-corrected chi connectivity index (χ2v) is 5.11. The highest BCUT2D eigenvalue weighted by molar-refractivity contribution is 5.86. The topological polar surface area (TPSA) is 88.0 Å². The van der Waals surface area contributed by atoms with Crippen molar-refractivity contribution in [1.82, 2.24) is 10.3 Å². The first-order valence-electron chi connectivity index (χ1n) is 6.06. The van der Waals surface area contributed by atoms with E-state index in [0.29, 0.717) is 0 Å². The Kier molecular flexibility index (Phi) is 3.40. The molecule has 19 heavy (non-hydrogen) atoms. The maximum atomic E-state index is 11.7. The van der Waals surface area contributed by atoms with Gasteiger partial charge in [0.05, 0.1) is 5.54 Å². The monoisotopic (exact) mass is 259 g/mol. The summed E-state index contributed by atoms with van der Waals surface area (Å²) in [6.07, 6.45) is 0. The van der Waals surface area contributed by atoms with Gasteiger partial charge in [0.15, 0.2) is 0 Å². The first-order valence-corrected chi connectivity index (χ1v) is 6.06. The van der Waals surface area contributed by atoms with Gasteiger partial charge in [0.2, 0.25) is 11.5 Å². The highest BCUT2D eigenvalue weighted by atomic mass is 16.2. The molecule has 4 N–H and O–H groups in total. The summed E-state index contributed by atoms with van der Waals surface area (Å²) in [6.45, 7) is 3.56. The average Bonchev–Trinajstić information content (AvgIpc) is 2.34. The number of fused-ring (bicyclic) bond motifs is 1. The van der Waals surface area contributed by atoms with Crippen LogP contribution < -0.4 is 16.6 Å². The quantitative estimate of drug-likeness (QED) is 0.764. The molecule has 0 aliphatic rings. The molecule has 0 radical (unpaired) electrons. The number of nitrogens with two attached hydrogens (primary N) is 1. The van der Waals surface area contributed by atoms with Gasteiger partial charge in [-0.2, -0.15) is 0 Å². The highest BCUT2D eigenvalue weighted by Crippen LogP contribution is 2.14. The number of H-pyrrole nitrogens is 1. The number of amides is 1. The fourth-order valence-electron chi connectivity index (χ4n) is 1.83. The van der Waals surface area contributed by atoms with Gasteiger partial charge >= 0.3 is 0 Å². The van der Waals surface area contributed by atoms with Crippen LogP contribution in [0.1, 0.15) is 19.4 Å². The van der Waals surface area contributed by atoms with Crippen LogP contribution in [0, 0.1) is 0 Å². The maximum Gasteiger partial charge on any atom is 0.248 e. The van der Waals surface area contributed by atoms with Crippen molar-refractivity contribution in [3.8, 4) is 0 Å². The molecule has 100 valence electrons. The molecule has 2 rings (SSSR count). The van der Waals surface area contributed by atoms with Crippen LogP contribution in [0.3, 0.4) is 0 Å². The molecule has 1 aromatic carbocycles. The molecular formula is C14H17N3O2. The molecule has 5 nitrogen and oxygen atoms in total. The van der Waals surface area contributed by atoms with Crippen molar-refractivity contribution in [2.75, 3.05) is 0 Å². The largest absolute Gasteiger partial charge is 0.350 e. The number of para-hydroxylation sites is 1. The van der Waals surface area contributed by atoms with Gasteiger partial charge in [-0.05, 0) is 25.5 Å². The molecule has 1 amide bonds. The summed E-state index contributed by atoms with van der Waals surface area (Å²) in [5, 5.41) is 3.66. The minimum atomic E-state index is -0.934. The average molecular weight is 259 g/mol. The van der Waals surface area contributed by atoms with Gasteiger partial charge in [-0.1, -0.05) is 18.2 Å². The van der Waals surface area contributed by atoms with Crippen molar-refractivity contribution in [2.45, 2.75) is 25.9 Å². The van der Waals surface area contributed by atoms with E-state index in [-0.39, 0.29) is 18.0 Å². The van der Waals surface area contributed by atoms with Crippen LogP contribution in [-0.4, -0.2) is 16.4 Å². The fraction of sp³-hybridized carbons (Fsp3) is 0.286. The first kappa shape index (κ1) is 13.3. The van der Waals surface area contributed by atoms with Gasteiger partial charge in [0.25, 0.3) is 0 Å². The van der Waals surface area contributed by atoms with E-state index in [0.717, 1.165) is 16.5 Å². The van der Waals surface area contributed by atoms with Gasteiger partial charge in [0, 0.05) is 23.5 Å². The molecule has 1 aromatic heterocycles. The number of nitrogens with one attached hydrogen (secondary N) is 2. The van der Waals surface area contributed by atoms with E-state index in [1.807, 2.05) is 24.3 Å².